The van der Waals surface area contributed by atoms with Crippen LogP contribution in [0.4, 0.5) is 0 Å². The van der Waals surface area contributed by atoms with Crippen LogP contribution in [-0.4, -0.2) is 53.6 Å². The number of hydrogen-bond donors (Lipinski definition) is 0. The fraction of sp³-hybridized carbons (Fsp3) is 0.462. The van der Waals surface area contributed by atoms with E-state index < -0.39 is 0 Å². The van der Waals surface area contributed by atoms with Gasteiger partial charge in [-0.25, -0.2) is 0 Å². The van der Waals surface area contributed by atoms with Gasteiger partial charge >= 0.3 is 0 Å². The number of hydrogen-bond acceptors (Lipinski definition) is 3. The van der Waals surface area contributed by atoms with Crippen LogP contribution in [0.5, 0.6) is 0 Å². The maximum Gasteiger partial charge on any atom is 0.221 e. The molecule has 2 rings (SSSR count). The van der Waals surface area contributed by atoms with Gasteiger partial charge in [0.25, 0.3) is 0 Å². The molecule has 1 aromatic rings. The zero-order chi connectivity index (χ0) is 13.0. The van der Waals surface area contributed by atoms with Gasteiger partial charge in [-0.3, -0.25) is 4.98 Å². The van der Waals surface area contributed by atoms with Gasteiger partial charge in [0.15, 0.2) is 0 Å². The van der Waals surface area contributed by atoms with Gasteiger partial charge in [0.1, 0.15) is 0 Å². The lowest BCUT2D eigenvalue weighted by Gasteiger charge is -2.33. The van der Waals surface area contributed by atoms with Crippen LogP contribution in [0.2, 0.25) is 0 Å². The molecule has 0 bridgehead atoms. The standard InChI is InChI=1S/C13H19N5/c1-11(12-7-4-5-8-14-12)15-16-13-17(2)9-6-10-18(13)3/h4-5,7-8H,6,9-10H2,1-3H3/b15-11+. The molecule has 1 aliphatic rings. The Morgan fingerprint density at radius 1 is 1.22 bits per heavy atom. The zero-order valence-electron chi connectivity index (χ0n) is 11.2. The van der Waals surface area contributed by atoms with Gasteiger partial charge < -0.3 is 9.80 Å². The lowest BCUT2D eigenvalue weighted by atomic mass is 10.3. The van der Waals surface area contributed by atoms with E-state index in [1.807, 2.05) is 39.2 Å². The van der Waals surface area contributed by atoms with Crippen molar-refractivity contribution in [2.24, 2.45) is 10.2 Å². The molecule has 0 radical (unpaired) electrons. The van der Waals surface area contributed by atoms with E-state index in [0.717, 1.165) is 36.9 Å². The largest absolute Gasteiger partial charge is 0.344 e. The summed E-state index contributed by atoms with van der Waals surface area (Å²) in [6, 6.07) is 5.78. The summed E-state index contributed by atoms with van der Waals surface area (Å²) in [4.78, 5) is 8.50. The minimum Gasteiger partial charge on any atom is -0.344 e. The van der Waals surface area contributed by atoms with E-state index in [9.17, 15) is 0 Å². The Balaban J connectivity index is 2.17. The van der Waals surface area contributed by atoms with Gasteiger partial charge in [-0.15, -0.1) is 5.10 Å². The molecule has 0 N–H and O–H groups in total. The number of rotatable bonds is 2. The molecule has 96 valence electrons. The van der Waals surface area contributed by atoms with E-state index in [4.69, 9.17) is 0 Å². The molecule has 5 nitrogen and oxygen atoms in total. The predicted octanol–water partition coefficient (Wildman–Crippen LogP) is 1.43. The van der Waals surface area contributed by atoms with Crippen molar-refractivity contribution in [2.45, 2.75) is 13.3 Å². The molecular weight excluding hydrogens is 226 g/mol. The zero-order valence-corrected chi connectivity index (χ0v) is 11.2. The smallest absolute Gasteiger partial charge is 0.221 e. The van der Waals surface area contributed by atoms with E-state index in [0.29, 0.717) is 0 Å². The van der Waals surface area contributed by atoms with Gasteiger partial charge in [-0.1, -0.05) is 6.07 Å². The molecule has 0 unspecified atom stereocenters. The first-order valence-corrected chi connectivity index (χ1v) is 6.14. The minimum absolute atomic E-state index is 0.829. The lowest BCUT2D eigenvalue weighted by Crippen LogP contribution is -2.46. The summed E-state index contributed by atoms with van der Waals surface area (Å²) in [6.07, 6.45) is 2.93. The van der Waals surface area contributed by atoms with Crippen LogP contribution in [0.25, 0.3) is 0 Å². The maximum atomic E-state index is 4.34. The molecule has 1 aliphatic heterocycles. The second-order valence-corrected chi connectivity index (χ2v) is 4.50. The van der Waals surface area contributed by atoms with E-state index >= 15 is 0 Å². The van der Waals surface area contributed by atoms with Crippen LogP contribution < -0.4 is 0 Å². The highest BCUT2D eigenvalue weighted by molar-refractivity contribution is 5.97. The summed E-state index contributed by atoms with van der Waals surface area (Å²) < 4.78 is 0. The Morgan fingerprint density at radius 3 is 2.56 bits per heavy atom. The van der Waals surface area contributed by atoms with Crippen molar-refractivity contribution >= 4 is 11.7 Å². The predicted molar refractivity (Wildman–Crippen MR) is 73.8 cm³/mol. The quantitative estimate of drug-likeness (QED) is 0.585. The third kappa shape index (κ3) is 2.85. The molecule has 0 saturated carbocycles. The lowest BCUT2D eigenvalue weighted by molar-refractivity contribution is 0.317. The van der Waals surface area contributed by atoms with Crippen LogP contribution in [0.3, 0.4) is 0 Å². The van der Waals surface area contributed by atoms with E-state index in [-0.39, 0.29) is 0 Å². The summed E-state index contributed by atoms with van der Waals surface area (Å²) in [7, 11) is 4.08. The van der Waals surface area contributed by atoms with Crippen LogP contribution in [-0.2, 0) is 0 Å². The molecule has 2 heterocycles. The summed E-state index contributed by atoms with van der Waals surface area (Å²) in [5.74, 6) is 0.913. The first kappa shape index (κ1) is 12.5. The second kappa shape index (κ2) is 5.62. The van der Waals surface area contributed by atoms with Gasteiger partial charge in [0, 0.05) is 33.4 Å². The summed E-state index contributed by atoms with van der Waals surface area (Å²) >= 11 is 0. The topological polar surface area (TPSA) is 44.1 Å². The first-order valence-electron chi connectivity index (χ1n) is 6.14. The molecule has 0 spiro atoms. The van der Waals surface area contributed by atoms with Crippen molar-refractivity contribution in [3.63, 3.8) is 0 Å². The molecule has 0 aliphatic carbocycles. The average molecular weight is 245 g/mol. The maximum absolute atomic E-state index is 4.34. The molecule has 1 saturated heterocycles. The molecule has 0 aromatic carbocycles. The third-order valence-electron chi connectivity index (χ3n) is 2.99. The van der Waals surface area contributed by atoms with Gasteiger partial charge in [0.05, 0.1) is 11.4 Å². The summed E-state index contributed by atoms with van der Waals surface area (Å²) in [5, 5.41) is 8.62. The minimum atomic E-state index is 0.829. The van der Waals surface area contributed by atoms with Crippen molar-refractivity contribution in [1.82, 2.24) is 14.8 Å². The monoisotopic (exact) mass is 245 g/mol. The Labute approximate surface area is 108 Å². The Morgan fingerprint density at radius 2 is 1.94 bits per heavy atom. The van der Waals surface area contributed by atoms with E-state index in [2.05, 4.69) is 25.0 Å². The molecule has 5 heteroatoms. The fourth-order valence-electron chi connectivity index (χ4n) is 1.94. The highest BCUT2D eigenvalue weighted by atomic mass is 15.4. The fourth-order valence-corrected chi connectivity index (χ4v) is 1.94. The van der Waals surface area contributed by atoms with E-state index in [1.165, 1.54) is 0 Å². The molecular formula is C13H19N5. The Kier molecular flexibility index (Phi) is 3.92. The molecule has 1 fully saturated rings. The van der Waals surface area contributed by atoms with Crippen LogP contribution in [0, 0.1) is 0 Å². The van der Waals surface area contributed by atoms with Crippen LogP contribution in [0.15, 0.2) is 34.6 Å². The molecule has 18 heavy (non-hydrogen) atoms. The number of aromatic nitrogens is 1. The van der Waals surface area contributed by atoms with Gasteiger partial charge in [-0.05, 0) is 25.5 Å². The SMILES string of the molecule is C/C(=N\N=C1N(C)CCCN1C)c1ccccn1. The Bertz CT molecular complexity index is 440. The number of pyridine rings is 1. The van der Waals surface area contributed by atoms with Crippen molar-refractivity contribution < 1.29 is 0 Å². The first-order chi connectivity index (χ1) is 8.68. The van der Waals surface area contributed by atoms with Crippen molar-refractivity contribution in [1.29, 1.82) is 0 Å². The van der Waals surface area contributed by atoms with Crippen molar-refractivity contribution in [3.8, 4) is 0 Å². The highest BCUT2D eigenvalue weighted by Crippen LogP contribution is 2.05. The van der Waals surface area contributed by atoms with Crippen molar-refractivity contribution in [2.75, 3.05) is 27.2 Å². The molecule has 0 atom stereocenters. The number of guanidine groups is 1. The third-order valence-corrected chi connectivity index (χ3v) is 2.99. The second-order valence-electron chi connectivity index (χ2n) is 4.50. The van der Waals surface area contributed by atoms with Gasteiger partial charge in [-0.2, -0.15) is 5.10 Å². The Hall–Kier alpha value is -1.91. The number of nitrogens with zero attached hydrogens (tertiary/aromatic N) is 5. The molecule has 1 aromatic heterocycles. The highest BCUT2D eigenvalue weighted by Gasteiger charge is 2.17. The van der Waals surface area contributed by atoms with Crippen LogP contribution in [0.1, 0.15) is 19.0 Å². The average Bonchev–Trinajstić information content (AvgIpc) is 2.39. The van der Waals surface area contributed by atoms with E-state index in [1.54, 1.807) is 6.20 Å². The molecule has 0 amide bonds. The summed E-state index contributed by atoms with van der Waals surface area (Å²) in [5.41, 5.74) is 1.69. The normalized spacial score (nSPS) is 17.1. The van der Waals surface area contributed by atoms with Gasteiger partial charge in [0.2, 0.25) is 5.96 Å². The van der Waals surface area contributed by atoms with Crippen LogP contribution >= 0.6 is 0 Å². The summed E-state index contributed by atoms with van der Waals surface area (Å²) in [6.45, 7) is 3.98. The van der Waals surface area contributed by atoms with Crippen molar-refractivity contribution in [3.05, 3.63) is 30.1 Å².